The number of hydrogen-bond acceptors (Lipinski definition) is 4. The number of nitrogens with zero attached hydrogens (tertiary/aromatic N) is 4. The molecule has 0 fully saturated rings. The van der Waals surface area contributed by atoms with E-state index >= 15 is 0 Å². The highest BCUT2D eigenvalue weighted by atomic mass is 16.6. The van der Waals surface area contributed by atoms with E-state index in [4.69, 9.17) is 11.3 Å². The van der Waals surface area contributed by atoms with Crippen LogP contribution in [0.25, 0.3) is 15.7 Å². The SMILES string of the molecule is [C-]#[N+]c1cc([N+](=O)[O-])c2cnn(COC)c2c1. The smallest absolute Gasteiger partial charge is 0.270 e. The van der Waals surface area contributed by atoms with E-state index in [0.29, 0.717) is 10.9 Å². The van der Waals surface area contributed by atoms with E-state index in [1.54, 1.807) is 6.07 Å². The van der Waals surface area contributed by atoms with E-state index < -0.39 is 4.92 Å². The van der Waals surface area contributed by atoms with Gasteiger partial charge < -0.3 is 4.74 Å². The number of benzene rings is 1. The lowest BCUT2D eigenvalue weighted by molar-refractivity contribution is -0.383. The van der Waals surface area contributed by atoms with Crippen LogP contribution in [0.3, 0.4) is 0 Å². The molecule has 0 saturated heterocycles. The van der Waals surface area contributed by atoms with Gasteiger partial charge in [-0.2, -0.15) is 5.10 Å². The van der Waals surface area contributed by atoms with Gasteiger partial charge in [0.1, 0.15) is 6.73 Å². The standard InChI is InChI=1S/C10H8N4O3/c1-11-7-3-9-8(10(4-7)14(15)16)5-12-13(9)6-17-2/h3-5H,6H2,2H3. The first kappa shape index (κ1) is 11.0. The molecule has 86 valence electrons. The number of ether oxygens (including phenoxy) is 1. The first-order valence-electron chi connectivity index (χ1n) is 4.67. The summed E-state index contributed by atoms with van der Waals surface area (Å²) in [6.07, 6.45) is 1.40. The Morgan fingerprint density at radius 1 is 1.65 bits per heavy atom. The minimum atomic E-state index is -0.518. The molecule has 0 bridgehead atoms. The summed E-state index contributed by atoms with van der Waals surface area (Å²) in [5, 5.41) is 15.3. The zero-order valence-corrected chi connectivity index (χ0v) is 8.95. The predicted octanol–water partition coefficient (Wildman–Crippen LogP) is 2.10. The predicted molar refractivity (Wildman–Crippen MR) is 59.7 cm³/mol. The molecule has 7 nitrogen and oxygen atoms in total. The summed E-state index contributed by atoms with van der Waals surface area (Å²) in [5.74, 6) is 0. The Labute approximate surface area is 96.2 Å². The number of nitro groups is 1. The number of nitro benzene ring substituents is 1. The van der Waals surface area contributed by atoms with E-state index in [2.05, 4.69) is 9.94 Å². The molecule has 2 rings (SSSR count). The third-order valence-corrected chi connectivity index (χ3v) is 2.30. The van der Waals surface area contributed by atoms with Crippen molar-refractivity contribution >= 4 is 22.3 Å². The van der Waals surface area contributed by atoms with Gasteiger partial charge in [-0.3, -0.25) is 10.1 Å². The van der Waals surface area contributed by atoms with E-state index in [1.165, 1.54) is 24.1 Å². The van der Waals surface area contributed by atoms with E-state index in [1.807, 2.05) is 0 Å². The number of non-ortho nitro benzene ring substituents is 1. The second-order valence-electron chi connectivity index (χ2n) is 3.33. The van der Waals surface area contributed by atoms with Crippen LogP contribution in [0.2, 0.25) is 0 Å². The Hall–Kier alpha value is -2.46. The van der Waals surface area contributed by atoms with Gasteiger partial charge in [-0.05, 0) is 6.07 Å². The lowest BCUT2D eigenvalue weighted by Gasteiger charge is -2.01. The Balaban J connectivity index is 2.75. The van der Waals surface area contributed by atoms with Gasteiger partial charge in [0.2, 0.25) is 0 Å². The zero-order chi connectivity index (χ0) is 12.4. The minimum Gasteiger partial charge on any atom is -0.362 e. The molecule has 0 spiro atoms. The maximum atomic E-state index is 10.9. The van der Waals surface area contributed by atoms with Crippen LogP contribution >= 0.6 is 0 Å². The third-order valence-electron chi connectivity index (χ3n) is 2.30. The third kappa shape index (κ3) is 1.81. The number of methoxy groups -OCH3 is 1. The first-order chi connectivity index (χ1) is 8.17. The molecule has 0 unspecified atom stereocenters. The molecule has 2 aromatic rings. The Morgan fingerprint density at radius 2 is 2.41 bits per heavy atom. The van der Waals surface area contributed by atoms with Gasteiger partial charge >= 0.3 is 0 Å². The summed E-state index contributed by atoms with van der Waals surface area (Å²) in [7, 11) is 1.50. The highest BCUT2D eigenvalue weighted by Gasteiger charge is 2.17. The highest BCUT2D eigenvalue weighted by molar-refractivity contribution is 5.91. The van der Waals surface area contributed by atoms with Gasteiger partial charge in [-0.25, -0.2) is 9.53 Å². The number of fused-ring (bicyclic) bond motifs is 1. The van der Waals surface area contributed by atoms with Crippen LogP contribution in [-0.2, 0) is 11.5 Å². The molecule has 0 saturated carbocycles. The Morgan fingerprint density at radius 3 is 3.00 bits per heavy atom. The van der Waals surface area contributed by atoms with Crippen molar-refractivity contribution in [1.29, 1.82) is 0 Å². The molecular weight excluding hydrogens is 224 g/mol. The summed E-state index contributed by atoms with van der Waals surface area (Å²) in [5.41, 5.74) is 0.616. The normalized spacial score (nSPS) is 10.4. The van der Waals surface area contributed by atoms with Crippen LogP contribution in [0.1, 0.15) is 0 Å². The molecule has 0 N–H and O–H groups in total. The summed E-state index contributed by atoms with van der Waals surface area (Å²) < 4.78 is 6.39. The van der Waals surface area contributed by atoms with Crippen LogP contribution in [0.4, 0.5) is 11.4 Å². The van der Waals surface area contributed by atoms with Gasteiger partial charge in [0.15, 0.2) is 5.69 Å². The van der Waals surface area contributed by atoms with Crippen molar-refractivity contribution in [1.82, 2.24) is 9.78 Å². The molecule has 7 heteroatoms. The van der Waals surface area contributed by atoms with E-state index in [-0.39, 0.29) is 18.1 Å². The monoisotopic (exact) mass is 232 g/mol. The van der Waals surface area contributed by atoms with Crippen molar-refractivity contribution in [2.24, 2.45) is 0 Å². The largest absolute Gasteiger partial charge is 0.362 e. The second-order valence-corrected chi connectivity index (χ2v) is 3.33. The molecule has 0 radical (unpaired) electrons. The van der Waals surface area contributed by atoms with Crippen LogP contribution in [0.15, 0.2) is 18.3 Å². The molecule has 0 aliphatic rings. The molecule has 0 aliphatic heterocycles. The van der Waals surface area contributed by atoms with Gasteiger partial charge in [-0.1, -0.05) is 0 Å². The van der Waals surface area contributed by atoms with Crippen molar-refractivity contribution in [3.63, 3.8) is 0 Å². The van der Waals surface area contributed by atoms with Crippen LogP contribution in [0, 0.1) is 16.7 Å². The molecule has 1 aromatic heterocycles. The maximum Gasteiger partial charge on any atom is 0.270 e. The molecule has 0 amide bonds. The van der Waals surface area contributed by atoms with Crippen molar-refractivity contribution in [2.75, 3.05) is 7.11 Å². The Kier molecular flexibility index (Phi) is 2.72. The number of rotatable bonds is 3. The quantitative estimate of drug-likeness (QED) is 0.461. The lowest BCUT2D eigenvalue weighted by atomic mass is 10.2. The van der Waals surface area contributed by atoms with Crippen LogP contribution < -0.4 is 0 Å². The van der Waals surface area contributed by atoms with Crippen LogP contribution in [-0.4, -0.2) is 21.8 Å². The second kappa shape index (κ2) is 4.19. The molecule has 1 aromatic carbocycles. The highest BCUT2D eigenvalue weighted by Crippen LogP contribution is 2.31. The summed E-state index contributed by atoms with van der Waals surface area (Å²) in [6.45, 7) is 7.11. The fraction of sp³-hybridized carbons (Fsp3) is 0.200. The average molecular weight is 232 g/mol. The van der Waals surface area contributed by atoms with Crippen molar-refractivity contribution < 1.29 is 9.66 Å². The summed E-state index contributed by atoms with van der Waals surface area (Å²) >= 11 is 0. The van der Waals surface area contributed by atoms with Crippen molar-refractivity contribution in [2.45, 2.75) is 6.73 Å². The van der Waals surface area contributed by atoms with Crippen molar-refractivity contribution in [3.8, 4) is 0 Å². The fourth-order valence-electron chi connectivity index (χ4n) is 1.58. The molecule has 17 heavy (non-hydrogen) atoms. The van der Waals surface area contributed by atoms with Crippen LogP contribution in [0.5, 0.6) is 0 Å². The van der Waals surface area contributed by atoms with Gasteiger partial charge in [-0.15, -0.1) is 0 Å². The zero-order valence-electron chi connectivity index (χ0n) is 8.95. The minimum absolute atomic E-state index is 0.115. The molecule has 0 atom stereocenters. The fourth-order valence-corrected chi connectivity index (χ4v) is 1.58. The van der Waals surface area contributed by atoms with E-state index in [9.17, 15) is 10.1 Å². The average Bonchev–Trinajstić information content (AvgIpc) is 2.71. The van der Waals surface area contributed by atoms with Gasteiger partial charge in [0, 0.05) is 13.2 Å². The summed E-state index contributed by atoms with van der Waals surface area (Å²) in [6, 6.07) is 2.80. The van der Waals surface area contributed by atoms with Gasteiger partial charge in [0.25, 0.3) is 5.69 Å². The molecular formula is C10H8N4O3. The maximum absolute atomic E-state index is 10.9. The topological polar surface area (TPSA) is 74.5 Å². The Bertz CT molecular complexity index is 626. The lowest BCUT2D eigenvalue weighted by Crippen LogP contribution is -2.01. The molecule has 0 aliphatic carbocycles. The first-order valence-corrected chi connectivity index (χ1v) is 4.67. The van der Waals surface area contributed by atoms with Crippen molar-refractivity contribution in [3.05, 3.63) is 39.9 Å². The van der Waals surface area contributed by atoms with E-state index in [0.717, 1.165) is 0 Å². The number of aromatic nitrogens is 2. The summed E-state index contributed by atoms with van der Waals surface area (Å²) in [4.78, 5) is 13.6. The molecule has 1 heterocycles. The number of hydrogen-bond donors (Lipinski definition) is 0. The van der Waals surface area contributed by atoms with Gasteiger partial charge in [0.05, 0.1) is 28.6 Å².